The molecule has 0 radical (unpaired) electrons. The first-order valence-corrected chi connectivity index (χ1v) is 4.98. The van der Waals surface area contributed by atoms with Crippen LogP contribution in [0.2, 0.25) is 0 Å². The topological polar surface area (TPSA) is 29.5 Å². The number of aliphatic hydroxyl groups is 1. The Kier molecular flexibility index (Phi) is 1.64. The molecule has 2 aliphatic carbocycles. The minimum Gasteiger partial charge on any atom is -0.493 e. The highest BCUT2D eigenvalue weighted by Crippen LogP contribution is 2.36. The second-order valence-corrected chi connectivity index (χ2v) is 3.87. The van der Waals surface area contributed by atoms with Crippen LogP contribution in [0, 0.1) is 0 Å². The summed E-state index contributed by atoms with van der Waals surface area (Å²) in [5.74, 6) is 0.891. The van der Waals surface area contributed by atoms with Crippen LogP contribution in [0.3, 0.4) is 0 Å². The van der Waals surface area contributed by atoms with Gasteiger partial charge in [-0.1, -0.05) is 18.2 Å². The van der Waals surface area contributed by atoms with Crippen molar-refractivity contribution in [3.05, 3.63) is 46.8 Å². The van der Waals surface area contributed by atoms with E-state index in [9.17, 15) is 5.11 Å². The van der Waals surface area contributed by atoms with E-state index in [1.54, 1.807) is 0 Å². The van der Waals surface area contributed by atoms with Gasteiger partial charge in [0.25, 0.3) is 0 Å². The lowest BCUT2D eigenvalue weighted by Crippen LogP contribution is -2.23. The summed E-state index contributed by atoms with van der Waals surface area (Å²) < 4.78 is 5.54. The van der Waals surface area contributed by atoms with E-state index in [0.717, 1.165) is 24.2 Å². The highest BCUT2D eigenvalue weighted by Gasteiger charge is 2.27. The minimum absolute atomic E-state index is 0.307. The average molecular weight is 188 g/mol. The first-order valence-electron chi connectivity index (χ1n) is 4.98. The van der Waals surface area contributed by atoms with Crippen LogP contribution in [0.15, 0.2) is 46.8 Å². The predicted octanol–water partition coefficient (Wildman–Crippen LogP) is 1.85. The summed E-state index contributed by atoms with van der Waals surface area (Å²) in [6, 6.07) is 0. The Labute approximate surface area is 82.9 Å². The molecule has 0 aromatic heterocycles. The molecule has 72 valence electrons. The molecule has 0 amide bonds. The molecular weight excluding hydrogens is 176 g/mol. The molecule has 0 aromatic rings. The molecule has 2 nitrogen and oxygen atoms in total. The van der Waals surface area contributed by atoms with Crippen LogP contribution < -0.4 is 0 Å². The van der Waals surface area contributed by atoms with Crippen molar-refractivity contribution in [2.24, 2.45) is 0 Å². The van der Waals surface area contributed by atoms with Gasteiger partial charge in [0.2, 0.25) is 0 Å². The lowest BCUT2D eigenvalue weighted by Gasteiger charge is -2.28. The Hall–Kier alpha value is -1.28. The molecule has 1 N–H and O–H groups in total. The van der Waals surface area contributed by atoms with Crippen LogP contribution in [0.25, 0.3) is 0 Å². The fourth-order valence-corrected chi connectivity index (χ4v) is 2.17. The summed E-state index contributed by atoms with van der Waals surface area (Å²) in [6.07, 6.45) is 9.54. The van der Waals surface area contributed by atoms with Crippen molar-refractivity contribution in [2.75, 3.05) is 6.61 Å². The Morgan fingerprint density at radius 3 is 3.29 bits per heavy atom. The van der Waals surface area contributed by atoms with Crippen LogP contribution in [-0.4, -0.2) is 17.8 Å². The Morgan fingerprint density at radius 1 is 1.43 bits per heavy atom. The van der Waals surface area contributed by atoms with Gasteiger partial charge in [0.15, 0.2) is 0 Å². The summed E-state index contributed by atoms with van der Waals surface area (Å²) in [7, 11) is 0. The van der Waals surface area contributed by atoms with E-state index in [1.807, 2.05) is 12.2 Å². The number of hydrogen-bond acceptors (Lipinski definition) is 2. The molecule has 1 atom stereocenters. The predicted molar refractivity (Wildman–Crippen MR) is 53.5 cm³/mol. The van der Waals surface area contributed by atoms with Crippen molar-refractivity contribution >= 4 is 0 Å². The van der Waals surface area contributed by atoms with Gasteiger partial charge in [-0.3, -0.25) is 0 Å². The second kappa shape index (κ2) is 2.85. The zero-order valence-electron chi connectivity index (χ0n) is 7.86. The second-order valence-electron chi connectivity index (χ2n) is 3.87. The third kappa shape index (κ3) is 1.07. The zero-order valence-corrected chi connectivity index (χ0v) is 7.86. The summed E-state index contributed by atoms with van der Waals surface area (Å²) in [4.78, 5) is 0. The molecular formula is C12H12O2. The Bertz CT molecular complexity index is 397. The summed E-state index contributed by atoms with van der Waals surface area (Å²) in [5, 5.41) is 9.81. The first kappa shape index (κ1) is 8.06. The quantitative estimate of drug-likeness (QED) is 0.628. The molecule has 0 aromatic carbocycles. The van der Waals surface area contributed by atoms with E-state index in [4.69, 9.17) is 4.74 Å². The largest absolute Gasteiger partial charge is 0.493 e. The highest BCUT2D eigenvalue weighted by molar-refractivity contribution is 5.56. The molecule has 14 heavy (non-hydrogen) atoms. The van der Waals surface area contributed by atoms with Crippen LogP contribution in [0.5, 0.6) is 0 Å². The maximum Gasteiger partial charge on any atom is 0.122 e. The molecule has 0 fully saturated rings. The van der Waals surface area contributed by atoms with Gasteiger partial charge in [-0.25, -0.2) is 0 Å². The first-order chi connectivity index (χ1) is 6.84. The standard InChI is InChI=1S/C12H12O2/c13-11-4-5-14-12-7-9-3-1-2-8(9)6-10(11)12/h1-3,7,11,13H,4-6H2. The van der Waals surface area contributed by atoms with Gasteiger partial charge in [-0.15, -0.1) is 0 Å². The monoisotopic (exact) mass is 188 g/mol. The Morgan fingerprint density at radius 2 is 2.36 bits per heavy atom. The average Bonchev–Trinajstić information content (AvgIpc) is 2.62. The van der Waals surface area contributed by atoms with Gasteiger partial charge in [0.05, 0.1) is 12.7 Å². The van der Waals surface area contributed by atoms with Gasteiger partial charge in [-0.05, 0) is 17.2 Å². The number of hydrogen-bond donors (Lipinski definition) is 1. The van der Waals surface area contributed by atoms with E-state index in [2.05, 4.69) is 12.2 Å². The molecule has 3 rings (SSSR count). The smallest absolute Gasteiger partial charge is 0.122 e. The van der Waals surface area contributed by atoms with Crippen molar-refractivity contribution in [2.45, 2.75) is 18.9 Å². The van der Waals surface area contributed by atoms with Gasteiger partial charge in [-0.2, -0.15) is 0 Å². The number of aliphatic hydroxyl groups excluding tert-OH is 1. The third-order valence-corrected chi connectivity index (χ3v) is 2.98. The van der Waals surface area contributed by atoms with E-state index in [0.29, 0.717) is 6.61 Å². The van der Waals surface area contributed by atoms with Gasteiger partial charge < -0.3 is 9.84 Å². The number of fused-ring (bicyclic) bond motifs is 1. The molecule has 0 saturated heterocycles. The lowest BCUT2D eigenvalue weighted by molar-refractivity contribution is 0.104. The van der Waals surface area contributed by atoms with E-state index < -0.39 is 0 Å². The third-order valence-electron chi connectivity index (χ3n) is 2.98. The van der Waals surface area contributed by atoms with E-state index >= 15 is 0 Å². The highest BCUT2D eigenvalue weighted by atomic mass is 16.5. The summed E-state index contributed by atoms with van der Waals surface area (Å²) in [6.45, 7) is 0.631. The molecule has 0 spiro atoms. The number of ether oxygens (including phenoxy) is 1. The molecule has 1 heterocycles. The fourth-order valence-electron chi connectivity index (χ4n) is 2.17. The Balaban J connectivity index is 2.04. The van der Waals surface area contributed by atoms with Gasteiger partial charge in [0.1, 0.15) is 5.76 Å². The van der Waals surface area contributed by atoms with Crippen molar-refractivity contribution < 1.29 is 9.84 Å². The van der Waals surface area contributed by atoms with E-state index in [1.165, 1.54) is 11.1 Å². The molecule has 1 aliphatic heterocycles. The van der Waals surface area contributed by atoms with Crippen molar-refractivity contribution in [3.63, 3.8) is 0 Å². The van der Waals surface area contributed by atoms with Crippen LogP contribution >= 0.6 is 0 Å². The fraction of sp³-hybridized carbons (Fsp3) is 0.333. The molecule has 2 heteroatoms. The summed E-state index contributed by atoms with van der Waals surface area (Å²) >= 11 is 0. The molecule has 3 aliphatic rings. The molecule has 0 saturated carbocycles. The van der Waals surface area contributed by atoms with Crippen molar-refractivity contribution in [1.29, 1.82) is 0 Å². The SMILES string of the molecule is OC1CCOC2=C1CC1=CC=CC1=C2. The van der Waals surface area contributed by atoms with Crippen LogP contribution in [0.1, 0.15) is 12.8 Å². The molecule has 1 unspecified atom stereocenters. The summed E-state index contributed by atoms with van der Waals surface area (Å²) in [5.41, 5.74) is 3.58. The normalized spacial score (nSPS) is 29.1. The van der Waals surface area contributed by atoms with Crippen molar-refractivity contribution in [3.8, 4) is 0 Å². The van der Waals surface area contributed by atoms with E-state index in [-0.39, 0.29) is 6.10 Å². The van der Waals surface area contributed by atoms with Crippen molar-refractivity contribution in [1.82, 2.24) is 0 Å². The minimum atomic E-state index is -0.307. The van der Waals surface area contributed by atoms with Crippen LogP contribution in [0.4, 0.5) is 0 Å². The van der Waals surface area contributed by atoms with Gasteiger partial charge >= 0.3 is 0 Å². The molecule has 0 bridgehead atoms. The number of rotatable bonds is 0. The van der Waals surface area contributed by atoms with Gasteiger partial charge in [0, 0.05) is 18.4 Å². The number of allylic oxidation sites excluding steroid dienone is 6. The lowest BCUT2D eigenvalue weighted by atomic mass is 9.88. The van der Waals surface area contributed by atoms with Crippen LogP contribution in [-0.2, 0) is 4.74 Å². The zero-order chi connectivity index (χ0) is 9.54. The maximum atomic E-state index is 9.81. The maximum absolute atomic E-state index is 9.81.